The Hall–Kier alpha value is -3.54. The number of aliphatic hydroxyl groups excluding tert-OH is 1. The fourth-order valence-electron chi connectivity index (χ4n) is 3.83. The van der Waals surface area contributed by atoms with Crippen molar-refractivity contribution >= 4 is 23.4 Å². The second-order valence-corrected chi connectivity index (χ2v) is 7.59. The van der Waals surface area contributed by atoms with Crippen molar-refractivity contribution in [2.75, 3.05) is 24.6 Å². The Morgan fingerprint density at radius 2 is 1.59 bits per heavy atom. The highest BCUT2D eigenvalue weighted by atomic mass is 19.4. The van der Waals surface area contributed by atoms with Crippen LogP contribution in [0, 0.1) is 0 Å². The lowest BCUT2D eigenvalue weighted by molar-refractivity contribution is -0.286. The number of para-hydroxylation sites is 1. The highest BCUT2D eigenvalue weighted by Crippen LogP contribution is 2.44. The molecule has 1 atom stereocenters. The lowest BCUT2D eigenvalue weighted by Gasteiger charge is -2.36. The quantitative estimate of drug-likeness (QED) is 0.465. The molecular weight excluding hydrogens is 465 g/mol. The standard InChI is InChI=1S/C22H20F5N3O4/c23-21(24,22(25,26)27)12-30(18(33)11-17(28)32)19-15-7-2-1-5-13(15)14-6-3-4-8-16(14)29(9-10-31)20(19)34/h1-8,19,31H,9-12H2,(H2,28,32)/t19-/m0/s1. The Kier molecular flexibility index (Phi) is 6.92. The topological polar surface area (TPSA) is 104 Å². The summed E-state index contributed by atoms with van der Waals surface area (Å²) >= 11 is 0. The van der Waals surface area contributed by atoms with Gasteiger partial charge < -0.3 is 20.6 Å². The van der Waals surface area contributed by atoms with E-state index in [-0.39, 0.29) is 22.7 Å². The number of nitrogens with two attached hydrogens (primary N) is 1. The van der Waals surface area contributed by atoms with E-state index in [0.717, 1.165) is 4.90 Å². The number of carbonyl (C=O) groups is 3. The van der Waals surface area contributed by atoms with Gasteiger partial charge in [-0.05, 0) is 17.2 Å². The summed E-state index contributed by atoms with van der Waals surface area (Å²) in [4.78, 5) is 38.8. The Labute approximate surface area is 190 Å². The zero-order chi connectivity index (χ0) is 25.3. The second kappa shape index (κ2) is 9.37. The molecule has 0 radical (unpaired) electrons. The summed E-state index contributed by atoms with van der Waals surface area (Å²) in [6.07, 6.45) is -7.22. The van der Waals surface area contributed by atoms with Crippen LogP contribution in [0.4, 0.5) is 27.6 Å². The van der Waals surface area contributed by atoms with E-state index in [1.807, 2.05) is 0 Å². The summed E-state index contributed by atoms with van der Waals surface area (Å²) < 4.78 is 67.5. The summed E-state index contributed by atoms with van der Waals surface area (Å²) in [5, 5.41) is 9.51. The molecule has 2 aromatic carbocycles. The molecule has 0 bridgehead atoms. The summed E-state index contributed by atoms with van der Waals surface area (Å²) in [5.74, 6) is -9.16. The minimum atomic E-state index is -6.03. The zero-order valence-corrected chi connectivity index (χ0v) is 17.6. The van der Waals surface area contributed by atoms with E-state index in [1.165, 1.54) is 24.3 Å². The summed E-state index contributed by atoms with van der Waals surface area (Å²) in [7, 11) is 0. The van der Waals surface area contributed by atoms with E-state index in [9.17, 15) is 41.4 Å². The zero-order valence-electron chi connectivity index (χ0n) is 17.6. The van der Waals surface area contributed by atoms with E-state index >= 15 is 0 Å². The van der Waals surface area contributed by atoms with Crippen LogP contribution < -0.4 is 10.6 Å². The summed E-state index contributed by atoms with van der Waals surface area (Å²) in [6, 6.07) is 10.2. The van der Waals surface area contributed by atoms with Gasteiger partial charge in [0.1, 0.15) is 12.5 Å². The van der Waals surface area contributed by atoms with Crippen LogP contribution in [0.2, 0.25) is 0 Å². The van der Waals surface area contributed by atoms with Gasteiger partial charge in [0.25, 0.3) is 5.91 Å². The highest BCUT2D eigenvalue weighted by Gasteiger charge is 2.59. The number of rotatable bonds is 7. The van der Waals surface area contributed by atoms with Crippen LogP contribution in [0.25, 0.3) is 11.1 Å². The van der Waals surface area contributed by atoms with Crippen molar-refractivity contribution in [3.63, 3.8) is 0 Å². The molecule has 0 saturated carbocycles. The number of carbonyl (C=O) groups excluding carboxylic acids is 3. The monoisotopic (exact) mass is 485 g/mol. The van der Waals surface area contributed by atoms with Gasteiger partial charge >= 0.3 is 12.1 Å². The number of hydrogen-bond acceptors (Lipinski definition) is 4. The molecule has 1 heterocycles. The first-order chi connectivity index (χ1) is 15.9. The maximum absolute atomic E-state index is 14.1. The van der Waals surface area contributed by atoms with Crippen LogP contribution in [0.15, 0.2) is 48.5 Å². The molecule has 12 heteroatoms. The largest absolute Gasteiger partial charge is 0.455 e. The van der Waals surface area contributed by atoms with Gasteiger partial charge in [0.2, 0.25) is 11.8 Å². The highest BCUT2D eigenvalue weighted by molar-refractivity contribution is 6.07. The molecule has 1 aliphatic rings. The molecule has 3 amide bonds. The number of nitrogens with zero attached hydrogens (tertiary/aromatic N) is 2. The minimum Gasteiger partial charge on any atom is -0.395 e. The van der Waals surface area contributed by atoms with E-state index in [4.69, 9.17) is 5.73 Å². The maximum Gasteiger partial charge on any atom is 0.455 e. The number of alkyl halides is 5. The van der Waals surface area contributed by atoms with Crippen molar-refractivity contribution in [3.05, 3.63) is 54.1 Å². The molecule has 0 saturated heterocycles. The van der Waals surface area contributed by atoms with Gasteiger partial charge in [-0.3, -0.25) is 14.4 Å². The summed E-state index contributed by atoms with van der Waals surface area (Å²) in [5.41, 5.74) is 5.98. The number of hydrogen-bond donors (Lipinski definition) is 2. The van der Waals surface area contributed by atoms with Crippen LogP contribution in [-0.4, -0.2) is 59.5 Å². The molecule has 0 fully saturated rings. The molecule has 34 heavy (non-hydrogen) atoms. The number of amides is 3. The first-order valence-electron chi connectivity index (χ1n) is 10.0. The third kappa shape index (κ3) is 4.72. The molecule has 3 N–H and O–H groups in total. The number of β-amino-alcohol motifs (C(OH)–C–C–N with tert-alkyl or cyclic N) is 1. The van der Waals surface area contributed by atoms with Crippen LogP contribution in [-0.2, 0) is 14.4 Å². The number of aliphatic hydroxyl groups is 1. The molecule has 0 aromatic heterocycles. The number of fused-ring (bicyclic) bond motifs is 3. The lowest BCUT2D eigenvalue weighted by atomic mass is 9.94. The number of benzene rings is 2. The Morgan fingerprint density at radius 1 is 1.00 bits per heavy atom. The molecule has 0 spiro atoms. The fraction of sp³-hybridized carbons (Fsp3) is 0.318. The molecule has 0 unspecified atom stereocenters. The SMILES string of the molecule is NC(=O)CC(=O)N(CC(F)(F)C(F)(F)F)[C@@H]1C(=O)N(CCO)c2ccccc2-c2ccccc21. The van der Waals surface area contributed by atoms with Gasteiger partial charge in [0, 0.05) is 12.1 Å². The van der Waals surface area contributed by atoms with Crippen molar-refractivity contribution in [2.45, 2.75) is 24.6 Å². The maximum atomic E-state index is 14.1. The Morgan fingerprint density at radius 3 is 2.18 bits per heavy atom. The van der Waals surface area contributed by atoms with E-state index in [0.29, 0.717) is 11.1 Å². The van der Waals surface area contributed by atoms with Crippen LogP contribution in [0.3, 0.4) is 0 Å². The van der Waals surface area contributed by atoms with Gasteiger partial charge in [0.05, 0.1) is 18.8 Å². The van der Waals surface area contributed by atoms with Gasteiger partial charge in [-0.1, -0.05) is 42.5 Å². The molecule has 3 rings (SSSR count). The number of primary amides is 1. The van der Waals surface area contributed by atoms with Gasteiger partial charge in [-0.15, -0.1) is 0 Å². The molecule has 0 aliphatic carbocycles. The van der Waals surface area contributed by atoms with Crippen molar-refractivity contribution in [1.29, 1.82) is 0 Å². The summed E-state index contributed by atoms with van der Waals surface area (Å²) in [6.45, 7) is -3.10. The predicted molar refractivity (Wildman–Crippen MR) is 111 cm³/mol. The average Bonchev–Trinajstić information content (AvgIpc) is 2.85. The smallest absolute Gasteiger partial charge is 0.395 e. The molecule has 7 nitrogen and oxygen atoms in total. The third-order valence-electron chi connectivity index (χ3n) is 5.31. The van der Waals surface area contributed by atoms with Crippen molar-refractivity contribution in [3.8, 4) is 11.1 Å². The number of anilines is 1. The molecule has 1 aliphatic heterocycles. The van der Waals surface area contributed by atoms with Crippen LogP contribution in [0.5, 0.6) is 0 Å². The first kappa shape index (κ1) is 25.1. The Bertz CT molecular complexity index is 1110. The first-order valence-corrected chi connectivity index (χ1v) is 10.0. The van der Waals surface area contributed by atoms with Crippen molar-refractivity contribution < 1.29 is 41.4 Å². The number of halogens is 5. The van der Waals surface area contributed by atoms with Gasteiger partial charge in [-0.2, -0.15) is 22.0 Å². The van der Waals surface area contributed by atoms with Gasteiger partial charge in [-0.25, -0.2) is 0 Å². The normalized spacial score (nSPS) is 15.9. The van der Waals surface area contributed by atoms with Crippen LogP contribution >= 0.6 is 0 Å². The molecule has 2 aromatic rings. The van der Waals surface area contributed by atoms with E-state index < -0.39 is 55.4 Å². The Balaban J connectivity index is 2.26. The third-order valence-corrected chi connectivity index (χ3v) is 5.31. The fourth-order valence-corrected chi connectivity index (χ4v) is 3.83. The van der Waals surface area contributed by atoms with E-state index in [2.05, 4.69) is 0 Å². The van der Waals surface area contributed by atoms with Crippen LogP contribution in [0.1, 0.15) is 18.0 Å². The average molecular weight is 485 g/mol. The van der Waals surface area contributed by atoms with Crippen molar-refractivity contribution in [1.82, 2.24) is 4.90 Å². The molecular formula is C22H20F5N3O4. The van der Waals surface area contributed by atoms with Crippen molar-refractivity contribution in [2.24, 2.45) is 5.73 Å². The lowest BCUT2D eigenvalue weighted by Crippen LogP contribution is -2.53. The molecule has 182 valence electrons. The minimum absolute atomic E-state index is 0.0174. The van der Waals surface area contributed by atoms with E-state index in [1.54, 1.807) is 24.3 Å². The van der Waals surface area contributed by atoms with Gasteiger partial charge in [0.15, 0.2) is 0 Å². The second-order valence-electron chi connectivity index (χ2n) is 7.59. The predicted octanol–water partition coefficient (Wildman–Crippen LogP) is 2.64.